The molecule has 0 aromatic heterocycles. The Morgan fingerprint density at radius 1 is 1.18 bits per heavy atom. The lowest BCUT2D eigenvalue weighted by atomic mass is 10.0. The van der Waals surface area contributed by atoms with E-state index in [-0.39, 0.29) is 6.04 Å². The molecule has 0 heterocycles. The van der Waals surface area contributed by atoms with Gasteiger partial charge in [0.05, 0.1) is 0 Å². The Morgan fingerprint density at radius 2 is 1.94 bits per heavy atom. The molecule has 0 saturated carbocycles. The van der Waals surface area contributed by atoms with Crippen molar-refractivity contribution in [2.75, 3.05) is 0 Å². The highest BCUT2D eigenvalue weighted by Crippen LogP contribution is 2.22. The van der Waals surface area contributed by atoms with Crippen LogP contribution in [0.25, 0.3) is 0 Å². The summed E-state index contributed by atoms with van der Waals surface area (Å²) in [5, 5.41) is 1.40. The number of halogens is 2. The first-order chi connectivity index (χ1) is 8.13. The van der Waals surface area contributed by atoms with Crippen LogP contribution in [0.4, 0.5) is 0 Å². The van der Waals surface area contributed by atoms with Crippen LogP contribution in [0.15, 0.2) is 18.2 Å². The fourth-order valence-electron chi connectivity index (χ4n) is 1.91. The van der Waals surface area contributed by atoms with Gasteiger partial charge in [-0.15, -0.1) is 0 Å². The minimum absolute atomic E-state index is 0.200. The summed E-state index contributed by atoms with van der Waals surface area (Å²) in [6.45, 7) is 2.22. The highest BCUT2D eigenvalue weighted by Gasteiger charge is 2.07. The molecule has 96 valence electrons. The molecule has 3 heteroatoms. The first kappa shape index (κ1) is 14.8. The van der Waals surface area contributed by atoms with E-state index in [4.69, 9.17) is 28.9 Å². The number of benzene rings is 1. The minimum atomic E-state index is 0.200. The summed E-state index contributed by atoms with van der Waals surface area (Å²) >= 11 is 12.0. The van der Waals surface area contributed by atoms with Crippen LogP contribution in [0.5, 0.6) is 0 Å². The van der Waals surface area contributed by atoms with Crippen molar-refractivity contribution in [3.05, 3.63) is 33.8 Å². The van der Waals surface area contributed by atoms with Crippen LogP contribution in [-0.2, 0) is 6.42 Å². The van der Waals surface area contributed by atoms with Gasteiger partial charge >= 0.3 is 0 Å². The average Bonchev–Trinajstić information content (AvgIpc) is 2.28. The Hall–Kier alpha value is -0.240. The molecule has 17 heavy (non-hydrogen) atoms. The third kappa shape index (κ3) is 5.76. The second-order valence-corrected chi connectivity index (χ2v) is 5.39. The van der Waals surface area contributed by atoms with Crippen molar-refractivity contribution >= 4 is 23.2 Å². The molecule has 1 rings (SSSR count). The van der Waals surface area contributed by atoms with Crippen LogP contribution in [0.1, 0.15) is 44.6 Å². The van der Waals surface area contributed by atoms with Gasteiger partial charge in [0.25, 0.3) is 0 Å². The molecule has 1 aromatic carbocycles. The van der Waals surface area contributed by atoms with Crippen LogP contribution >= 0.6 is 23.2 Å². The topological polar surface area (TPSA) is 26.0 Å². The zero-order valence-corrected chi connectivity index (χ0v) is 11.9. The third-order valence-electron chi connectivity index (χ3n) is 2.93. The van der Waals surface area contributed by atoms with Gasteiger partial charge in [0.2, 0.25) is 0 Å². The zero-order valence-electron chi connectivity index (χ0n) is 10.4. The summed E-state index contributed by atoms with van der Waals surface area (Å²) in [5.41, 5.74) is 7.20. The van der Waals surface area contributed by atoms with Gasteiger partial charge in [-0.1, -0.05) is 61.9 Å². The van der Waals surface area contributed by atoms with Crippen LogP contribution < -0.4 is 5.73 Å². The lowest BCUT2D eigenvalue weighted by molar-refractivity contribution is 0.546. The van der Waals surface area contributed by atoms with Gasteiger partial charge in [0.15, 0.2) is 0 Å². The first-order valence-corrected chi connectivity index (χ1v) is 7.08. The highest BCUT2D eigenvalue weighted by molar-refractivity contribution is 6.35. The van der Waals surface area contributed by atoms with Gasteiger partial charge in [0, 0.05) is 16.1 Å². The standard InChI is InChI=1S/C14H21Cl2N/c1-2-3-4-5-6-13(17)9-11-7-8-12(15)10-14(11)16/h7-8,10,13H,2-6,9,17H2,1H3. The summed E-state index contributed by atoms with van der Waals surface area (Å²) in [7, 11) is 0. The van der Waals surface area contributed by atoms with Crippen molar-refractivity contribution in [1.82, 2.24) is 0 Å². The first-order valence-electron chi connectivity index (χ1n) is 6.33. The van der Waals surface area contributed by atoms with Crippen molar-refractivity contribution in [1.29, 1.82) is 0 Å². The molecule has 1 nitrogen and oxygen atoms in total. The Labute approximate surface area is 114 Å². The number of rotatable bonds is 7. The maximum atomic E-state index is 6.12. The van der Waals surface area contributed by atoms with E-state index in [0.717, 1.165) is 23.4 Å². The SMILES string of the molecule is CCCCCCC(N)Cc1ccc(Cl)cc1Cl. The van der Waals surface area contributed by atoms with Crippen molar-refractivity contribution < 1.29 is 0 Å². The molecule has 0 saturated heterocycles. The maximum Gasteiger partial charge on any atom is 0.0453 e. The molecule has 0 fully saturated rings. The fraction of sp³-hybridized carbons (Fsp3) is 0.571. The molecule has 0 aliphatic carbocycles. The quantitative estimate of drug-likeness (QED) is 0.708. The molecule has 1 aromatic rings. The van der Waals surface area contributed by atoms with Crippen molar-refractivity contribution in [3.8, 4) is 0 Å². The molecule has 2 N–H and O–H groups in total. The Kier molecular flexibility index (Phi) is 6.94. The van der Waals surface area contributed by atoms with E-state index >= 15 is 0 Å². The number of hydrogen-bond donors (Lipinski definition) is 1. The van der Waals surface area contributed by atoms with Crippen LogP contribution in [-0.4, -0.2) is 6.04 Å². The van der Waals surface area contributed by atoms with E-state index in [1.54, 1.807) is 6.07 Å². The molecule has 0 amide bonds. The number of unbranched alkanes of at least 4 members (excludes halogenated alkanes) is 3. The van der Waals surface area contributed by atoms with Crippen LogP contribution in [0, 0.1) is 0 Å². The average molecular weight is 274 g/mol. The van der Waals surface area contributed by atoms with Gasteiger partial charge in [-0.2, -0.15) is 0 Å². The molecule has 0 aliphatic rings. The molecular formula is C14H21Cl2N. The predicted molar refractivity (Wildman–Crippen MR) is 76.9 cm³/mol. The van der Waals surface area contributed by atoms with E-state index < -0.39 is 0 Å². The fourth-order valence-corrected chi connectivity index (χ4v) is 2.39. The third-order valence-corrected chi connectivity index (χ3v) is 3.51. The normalized spacial score (nSPS) is 12.7. The van der Waals surface area contributed by atoms with Crippen LogP contribution in [0.2, 0.25) is 10.0 Å². The summed E-state index contributed by atoms with van der Waals surface area (Å²) in [5.74, 6) is 0. The molecule has 1 atom stereocenters. The largest absolute Gasteiger partial charge is 0.327 e. The molecule has 0 spiro atoms. The van der Waals surface area contributed by atoms with Gasteiger partial charge < -0.3 is 5.73 Å². The molecule has 0 radical (unpaired) electrons. The van der Waals surface area contributed by atoms with E-state index in [9.17, 15) is 0 Å². The number of hydrogen-bond acceptors (Lipinski definition) is 1. The monoisotopic (exact) mass is 273 g/mol. The Balaban J connectivity index is 2.37. The molecule has 1 unspecified atom stereocenters. The second kappa shape index (κ2) is 7.97. The van der Waals surface area contributed by atoms with E-state index in [1.165, 1.54) is 25.7 Å². The summed E-state index contributed by atoms with van der Waals surface area (Å²) in [6.07, 6.45) is 6.95. The molecule has 0 aliphatic heterocycles. The number of nitrogens with two attached hydrogens (primary N) is 1. The van der Waals surface area contributed by atoms with Gasteiger partial charge in [-0.05, 0) is 30.5 Å². The van der Waals surface area contributed by atoms with Gasteiger partial charge in [0.1, 0.15) is 0 Å². The van der Waals surface area contributed by atoms with Gasteiger partial charge in [-0.3, -0.25) is 0 Å². The minimum Gasteiger partial charge on any atom is -0.327 e. The summed E-state index contributed by atoms with van der Waals surface area (Å²) in [6, 6.07) is 5.82. The highest BCUT2D eigenvalue weighted by atomic mass is 35.5. The van der Waals surface area contributed by atoms with E-state index in [2.05, 4.69) is 6.92 Å². The smallest absolute Gasteiger partial charge is 0.0453 e. The van der Waals surface area contributed by atoms with Crippen molar-refractivity contribution in [3.63, 3.8) is 0 Å². The lowest BCUT2D eigenvalue weighted by Crippen LogP contribution is -2.22. The summed E-state index contributed by atoms with van der Waals surface area (Å²) < 4.78 is 0. The van der Waals surface area contributed by atoms with E-state index in [1.807, 2.05) is 12.1 Å². The maximum absolute atomic E-state index is 6.12. The van der Waals surface area contributed by atoms with Crippen molar-refractivity contribution in [2.45, 2.75) is 51.5 Å². The molecule has 0 bridgehead atoms. The molecular weight excluding hydrogens is 253 g/mol. The Bertz CT molecular complexity index is 339. The van der Waals surface area contributed by atoms with Crippen LogP contribution in [0.3, 0.4) is 0 Å². The predicted octanol–water partition coefficient (Wildman–Crippen LogP) is 4.83. The lowest BCUT2D eigenvalue weighted by Gasteiger charge is -2.12. The zero-order chi connectivity index (χ0) is 12.7. The van der Waals surface area contributed by atoms with E-state index in [0.29, 0.717) is 5.02 Å². The summed E-state index contributed by atoms with van der Waals surface area (Å²) in [4.78, 5) is 0. The van der Waals surface area contributed by atoms with Gasteiger partial charge in [-0.25, -0.2) is 0 Å². The van der Waals surface area contributed by atoms with Crippen molar-refractivity contribution in [2.24, 2.45) is 5.73 Å². The Morgan fingerprint density at radius 3 is 2.59 bits per heavy atom. The second-order valence-electron chi connectivity index (χ2n) is 4.55.